The van der Waals surface area contributed by atoms with Crippen molar-refractivity contribution in [3.8, 4) is 17.1 Å². The number of benzene rings is 2. The van der Waals surface area contributed by atoms with E-state index in [1.165, 1.54) is 19.2 Å². The number of sulfonamides is 1. The van der Waals surface area contributed by atoms with Gasteiger partial charge in [0, 0.05) is 17.4 Å². The molecule has 5 rings (SSSR count). The molecule has 0 bridgehead atoms. The summed E-state index contributed by atoms with van der Waals surface area (Å²) in [5.41, 5.74) is 2.37. The minimum absolute atomic E-state index is 0.275. The molecule has 8 nitrogen and oxygen atoms in total. The largest absolute Gasteiger partial charge is 0.495 e. The Morgan fingerprint density at radius 1 is 1.11 bits per heavy atom. The number of pyridine rings is 1. The zero-order valence-electron chi connectivity index (χ0n) is 19.9. The number of anilines is 2. The van der Waals surface area contributed by atoms with E-state index < -0.39 is 16.1 Å². The molecule has 190 valence electrons. The summed E-state index contributed by atoms with van der Waals surface area (Å²) in [5, 5.41) is 3.75. The first-order valence-electron chi connectivity index (χ1n) is 11.3. The van der Waals surface area contributed by atoms with Crippen molar-refractivity contribution >= 4 is 38.7 Å². The van der Waals surface area contributed by atoms with E-state index in [9.17, 15) is 12.8 Å². The number of methoxy groups -OCH3 is 1. The van der Waals surface area contributed by atoms with Crippen molar-refractivity contribution in [3.63, 3.8) is 0 Å². The molecule has 3 heterocycles. The van der Waals surface area contributed by atoms with Gasteiger partial charge in [0.25, 0.3) is 0 Å². The number of rotatable bonds is 7. The van der Waals surface area contributed by atoms with Crippen molar-refractivity contribution in [2.75, 3.05) is 23.0 Å². The van der Waals surface area contributed by atoms with Gasteiger partial charge < -0.3 is 19.4 Å². The van der Waals surface area contributed by atoms with Crippen LogP contribution in [0.25, 0.3) is 11.3 Å². The van der Waals surface area contributed by atoms with Crippen molar-refractivity contribution in [2.45, 2.75) is 12.1 Å². The predicted molar refractivity (Wildman–Crippen MR) is 143 cm³/mol. The Labute approximate surface area is 219 Å². The van der Waals surface area contributed by atoms with Gasteiger partial charge in [0.2, 0.25) is 10.0 Å². The number of furan rings is 1. The highest BCUT2D eigenvalue weighted by Gasteiger charge is 2.42. The third kappa shape index (κ3) is 5.13. The minimum Gasteiger partial charge on any atom is -0.495 e. The molecular weight excluding hydrogens is 515 g/mol. The van der Waals surface area contributed by atoms with Crippen LogP contribution >= 0.6 is 12.2 Å². The van der Waals surface area contributed by atoms with Crippen molar-refractivity contribution in [1.82, 2.24) is 10.3 Å². The molecule has 0 aliphatic carbocycles. The second-order valence-electron chi connectivity index (χ2n) is 8.46. The van der Waals surface area contributed by atoms with Crippen LogP contribution in [0.1, 0.15) is 23.5 Å². The second kappa shape index (κ2) is 9.83. The summed E-state index contributed by atoms with van der Waals surface area (Å²) >= 11 is 5.74. The van der Waals surface area contributed by atoms with Gasteiger partial charge in [-0.3, -0.25) is 9.71 Å². The van der Waals surface area contributed by atoms with Crippen LogP contribution in [0.2, 0.25) is 0 Å². The van der Waals surface area contributed by atoms with Crippen molar-refractivity contribution in [1.29, 1.82) is 0 Å². The number of hydrogen-bond donors (Lipinski definition) is 2. The number of ether oxygens (including phenoxy) is 1. The monoisotopic (exact) mass is 538 g/mol. The molecule has 1 aliphatic rings. The third-order valence-electron chi connectivity index (χ3n) is 5.90. The van der Waals surface area contributed by atoms with Gasteiger partial charge in [0.1, 0.15) is 29.1 Å². The predicted octanol–water partition coefficient (Wildman–Crippen LogP) is 5.04. The van der Waals surface area contributed by atoms with Crippen LogP contribution < -0.4 is 19.7 Å². The Morgan fingerprint density at radius 3 is 2.57 bits per heavy atom. The first-order valence-corrected chi connectivity index (χ1v) is 13.6. The quantitative estimate of drug-likeness (QED) is 0.316. The normalized spacial score (nSPS) is 17.5. The lowest BCUT2D eigenvalue weighted by atomic mass is 10.0. The summed E-state index contributed by atoms with van der Waals surface area (Å²) in [4.78, 5) is 6.38. The summed E-state index contributed by atoms with van der Waals surface area (Å²) in [6.07, 6.45) is 2.77. The molecule has 0 saturated carbocycles. The fourth-order valence-corrected chi connectivity index (χ4v) is 5.23. The van der Waals surface area contributed by atoms with Gasteiger partial charge in [-0.1, -0.05) is 6.07 Å². The molecule has 2 aromatic carbocycles. The van der Waals surface area contributed by atoms with E-state index in [0.717, 1.165) is 17.5 Å². The molecular formula is C26H23FN4O4S2. The average molecular weight is 539 g/mol. The molecule has 0 spiro atoms. The van der Waals surface area contributed by atoms with Crippen LogP contribution in [0.5, 0.6) is 5.75 Å². The fraction of sp³-hybridized carbons (Fsp3) is 0.154. The Hall–Kier alpha value is -3.96. The van der Waals surface area contributed by atoms with Crippen molar-refractivity contribution in [2.24, 2.45) is 0 Å². The summed E-state index contributed by atoms with van der Waals surface area (Å²) in [6, 6.07) is 19.6. The lowest BCUT2D eigenvalue weighted by Crippen LogP contribution is -2.29. The van der Waals surface area contributed by atoms with Crippen LogP contribution in [0.4, 0.5) is 15.8 Å². The lowest BCUT2D eigenvalue weighted by molar-refractivity contribution is 0.416. The van der Waals surface area contributed by atoms with Gasteiger partial charge in [-0.05, 0) is 78.9 Å². The number of halogens is 1. The van der Waals surface area contributed by atoms with E-state index in [1.807, 2.05) is 35.2 Å². The zero-order valence-corrected chi connectivity index (χ0v) is 21.5. The standard InChI is InChI=1S/C26H23FN4O4S2/c1-34-22-11-10-18(15-20(22)30-37(2,32)33)31-25(24(29-26(31)36)19-5-3-4-14-28-19)23-13-12-21(35-23)16-6-8-17(27)9-7-16/h3-15,24-25,30H,1-2H3,(H,29,36). The Bertz CT molecular complexity index is 1540. The summed E-state index contributed by atoms with van der Waals surface area (Å²) in [6.45, 7) is 0. The highest BCUT2D eigenvalue weighted by Crippen LogP contribution is 2.44. The first kappa shape index (κ1) is 24.7. The maximum absolute atomic E-state index is 13.4. The van der Waals surface area contributed by atoms with Crippen molar-refractivity contribution in [3.05, 3.63) is 96.3 Å². The van der Waals surface area contributed by atoms with Gasteiger partial charge in [0.05, 0.1) is 30.8 Å². The molecule has 2 atom stereocenters. The average Bonchev–Trinajstić information content (AvgIpc) is 3.48. The molecule has 1 fully saturated rings. The van der Waals surface area contributed by atoms with E-state index in [-0.39, 0.29) is 17.5 Å². The molecule has 1 aliphatic heterocycles. The SMILES string of the molecule is COc1ccc(N2C(=S)NC(c3ccccn3)C2c2ccc(-c3ccc(F)cc3)o2)cc1NS(C)(=O)=O. The smallest absolute Gasteiger partial charge is 0.229 e. The van der Waals surface area contributed by atoms with Gasteiger partial charge in [-0.15, -0.1) is 0 Å². The number of thiocarbonyl (C=S) groups is 1. The van der Waals surface area contributed by atoms with Crippen LogP contribution in [0.3, 0.4) is 0 Å². The molecule has 11 heteroatoms. The number of nitrogens with zero attached hydrogens (tertiary/aromatic N) is 2. The summed E-state index contributed by atoms with van der Waals surface area (Å²) in [7, 11) is -2.10. The van der Waals surface area contributed by atoms with Gasteiger partial charge >= 0.3 is 0 Å². The number of aromatic nitrogens is 1. The first-order chi connectivity index (χ1) is 17.7. The molecule has 0 radical (unpaired) electrons. The Kier molecular flexibility index (Phi) is 6.57. The van der Waals surface area contributed by atoms with Crippen molar-refractivity contribution < 1.29 is 22.0 Å². The van der Waals surface area contributed by atoms with Crippen LogP contribution in [0.15, 0.2) is 83.4 Å². The molecule has 37 heavy (non-hydrogen) atoms. The second-order valence-corrected chi connectivity index (χ2v) is 10.6. The maximum atomic E-state index is 13.4. The van der Waals surface area contributed by atoms with E-state index in [1.54, 1.807) is 36.5 Å². The maximum Gasteiger partial charge on any atom is 0.229 e. The fourth-order valence-electron chi connectivity index (χ4n) is 4.33. The van der Waals surface area contributed by atoms with E-state index in [0.29, 0.717) is 28.1 Å². The third-order valence-corrected chi connectivity index (χ3v) is 6.81. The van der Waals surface area contributed by atoms with Gasteiger partial charge in [-0.25, -0.2) is 12.8 Å². The van der Waals surface area contributed by atoms with Crippen LogP contribution in [-0.4, -0.2) is 31.9 Å². The summed E-state index contributed by atoms with van der Waals surface area (Å²) in [5.74, 6) is 1.19. The van der Waals surface area contributed by atoms with E-state index in [4.69, 9.17) is 21.4 Å². The highest BCUT2D eigenvalue weighted by molar-refractivity contribution is 7.92. The summed E-state index contributed by atoms with van der Waals surface area (Å²) < 4.78 is 51.5. The van der Waals surface area contributed by atoms with Crippen LogP contribution in [-0.2, 0) is 10.0 Å². The molecule has 2 N–H and O–H groups in total. The Balaban J connectivity index is 1.61. The van der Waals surface area contributed by atoms with E-state index in [2.05, 4.69) is 15.0 Å². The number of hydrogen-bond acceptors (Lipinski definition) is 6. The van der Waals surface area contributed by atoms with Gasteiger partial charge in [0.15, 0.2) is 5.11 Å². The van der Waals surface area contributed by atoms with Gasteiger partial charge in [-0.2, -0.15) is 0 Å². The zero-order chi connectivity index (χ0) is 26.2. The molecule has 2 aromatic heterocycles. The number of nitrogens with one attached hydrogen (secondary N) is 2. The lowest BCUT2D eigenvalue weighted by Gasteiger charge is -2.27. The highest BCUT2D eigenvalue weighted by atomic mass is 32.2. The Morgan fingerprint density at radius 2 is 1.89 bits per heavy atom. The molecule has 4 aromatic rings. The molecule has 1 saturated heterocycles. The molecule has 2 unspecified atom stereocenters. The minimum atomic E-state index is -3.57. The van der Waals surface area contributed by atoms with E-state index >= 15 is 0 Å². The molecule has 0 amide bonds. The van der Waals surface area contributed by atoms with Crippen LogP contribution in [0, 0.1) is 5.82 Å². The topological polar surface area (TPSA) is 96.7 Å².